The van der Waals surface area contributed by atoms with Crippen LogP contribution >= 0.6 is 0 Å². The molecule has 3 aliphatic rings. The first-order chi connectivity index (χ1) is 16.8. The van der Waals surface area contributed by atoms with Crippen molar-refractivity contribution in [3.05, 3.63) is 42.1 Å². The van der Waals surface area contributed by atoms with Crippen LogP contribution < -0.4 is 9.64 Å². The van der Waals surface area contributed by atoms with Crippen LogP contribution in [0.5, 0.6) is 11.5 Å². The normalized spacial score (nSPS) is 20.0. The molecule has 188 valence electrons. The maximum Gasteiger partial charge on any atom is 0.257 e. The van der Waals surface area contributed by atoms with Crippen molar-refractivity contribution in [3.63, 3.8) is 0 Å². The van der Waals surface area contributed by atoms with E-state index in [-0.39, 0.29) is 17.5 Å². The number of carbonyl (C=O) groups is 1. The van der Waals surface area contributed by atoms with Gasteiger partial charge < -0.3 is 19.4 Å². The van der Waals surface area contributed by atoms with Crippen molar-refractivity contribution < 1.29 is 13.9 Å². The van der Waals surface area contributed by atoms with Gasteiger partial charge in [-0.2, -0.15) is 0 Å². The number of carbonyl (C=O) groups excluding carboxylic acids is 1. The van der Waals surface area contributed by atoms with E-state index in [9.17, 15) is 9.18 Å². The predicted molar refractivity (Wildman–Crippen MR) is 133 cm³/mol. The van der Waals surface area contributed by atoms with Crippen LogP contribution in [-0.2, 0) is 0 Å². The molecule has 2 aliphatic heterocycles. The van der Waals surface area contributed by atoms with Crippen molar-refractivity contribution in [1.82, 2.24) is 19.8 Å². The molecule has 0 N–H and O–H groups in total. The number of hydrogen-bond acceptors (Lipinski definition) is 6. The third-order valence-corrected chi connectivity index (χ3v) is 7.86. The molecule has 0 radical (unpaired) electrons. The molecule has 7 nitrogen and oxygen atoms in total. The lowest BCUT2D eigenvalue weighted by atomic mass is 9.72. The van der Waals surface area contributed by atoms with Gasteiger partial charge in [0, 0.05) is 51.2 Å². The minimum atomic E-state index is -0.477. The van der Waals surface area contributed by atoms with Gasteiger partial charge in [-0.15, -0.1) is 0 Å². The van der Waals surface area contributed by atoms with Crippen LogP contribution in [-0.4, -0.2) is 71.5 Å². The topological polar surface area (TPSA) is 61.8 Å². The average Bonchev–Trinajstić information content (AvgIpc) is 2.81. The smallest absolute Gasteiger partial charge is 0.257 e. The first kappa shape index (κ1) is 24.0. The van der Waals surface area contributed by atoms with Gasteiger partial charge >= 0.3 is 0 Å². The number of amides is 1. The predicted octanol–water partition coefficient (Wildman–Crippen LogP) is 4.59. The van der Waals surface area contributed by atoms with Gasteiger partial charge in [-0.25, -0.2) is 14.4 Å². The van der Waals surface area contributed by atoms with E-state index in [2.05, 4.69) is 19.8 Å². The summed E-state index contributed by atoms with van der Waals surface area (Å²) < 4.78 is 20.2. The second-order valence-corrected chi connectivity index (χ2v) is 11.0. The lowest BCUT2D eigenvalue weighted by Crippen LogP contribution is -2.72. The number of ether oxygens (including phenoxy) is 1. The molecule has 3 fully saturated rings. The molecule has 35 heavy (non-hydrogen) atoms. The fourth-order valence-corrected chi connectivity index (χ4v) is 5.80. The molecule has 1 saturated carbocycles. The molecule has 2 saturated heterocycles. The second kappa shape index (κ2) is 9.72. The first-order valence-electron chi connectivity index (χ1n) is 12.9. The third-order valence-electron chi connectivity index (χ3n) is 7.86. The highest BCUT2D eigenvalue weighted by atomic mass is 19.1. The van der Waals surface area contributed by atoms with E-state index in [0.717, 1.165) is 37.9 Å². The van der Waals surface area contributed by atoms with Crippen LogP contribution in [0.25, 0.3) is 0 Å². The molecular formula is C27H36FN5O2. The van der Waals surface area contributed by atoms with Crippen molar-refractivity contribution in [1.29, 1.82) is 0 Å². The van der Waals surface area contributed by atoms with Gasteiger partial charge in [0.2, 0.25) is 0 Å². The number of likely N-dealkylation sites (tertiary alicyclic amines) is 1. The highest BCUT2D eigenvalue weighted by Gasteiger charge is 2.52. The number of anilines is 1. The molecule has 5 rings (SSSR count). The van der Waals surface area contributed by atoms with E-state index in [0.29, 0.717) is 16.9 Å². The molecule has 0 atom stereocenters. The van der Waals surface area contributed by atoms with Gasteiger partial charge in [-0.3, -0.25) is 4.79 Å². The van der Waals surface area contributed by atoms with E-state index in [1.54, 1.807) is 18.1 Å². The van der Waals surface area contributed by atoms with Crippen LogP contribution in [0.2, 0.25) is 0 Å². The summed E-state index contributed by atoms with van der Waals surface area (Å²) in [6, 6.07) is 4.01. The number of hydrogen-bond donors (Lipinski definition) is 0. The van der Waals surface area contributed by atoms with E-state index in [1.807, 2.05) is 13.8 Å². The van der Waals surface area contributed by atoms with Crippen LogP contribution in [0.3, 0.4) is 0 Å². The summed E-state index contributed by atoms with van der Waals surface area (Å²) in [7, 11) is 1.70. The summed E-state index contributed by atoms with van der Waals surface area (Å²) in [4.78, 5) is 28.0. The molecule has 1 aromatic heterocycles. The Morgan fingerprint density at radius 1 is 1.17 bits per heavy atom. The van der Waals surface area contributed by atoms with E-state index in [4.69, 9.17) is 4.74 Å². The molecule has 0 unspecified atom stereocenters. The minimum absolute atomic E-state index is 0.0216. The maximum absolute atomic E-state index is 14.0. The SMILES string of the molecule is CC(C)N(C)C(=O)c1cc(F)ccc1Oc1cncnc1N1CC2(CN(CC3CCCCC3)C2)C1. The largest absolute Gasteiger partial charge is 0.451 e. The highest BCUT2D eigenvalue weighted by molar-refractivity contribution is 5.97. The Hall–Kier alpha value is -2.74. The zero-order chi connectivity index (χ0) is 24.6. The summed E-state index contributed by atoms with van der Waals surface area (Å²) in [5, 5.41) is 0. The van der Waals surface area contributed by atoms with Gasteiger partial charge in [0.05, 0.1) is 11.8 Å². The van der Waals surface area contributed by atoms with Crippen molar-refractivity contribution in [2.75, 3.05) is 44.7 Å². The molecule has 1 amide bonds. The Morgan fingerprint density at radius 3 is 2.63 bits per heavy atom. The Labute approximate surface area is 207 Å². The lowest BCUT2D eigenvalue weighted by Gasteiger charge is -2.61. The van der Waals surface area contributed by atoms with Crippen molar-refractivity contribution in [2.24, 2.45) is 11.3 Å². The number of benzene rings is 1. The van der Waals surface area contributed by atoms with Gasteiger partial charge in [0.1, 0.15) is 17.9 Å². The molecule has 2 aromatic rings. The van der Waals surface area contributed by atoms with Gasteiger partial charge in [0.15, 0.2) is 11.6 Å². The number of halogens is 1. The third kappa shape index (κ3) is 4.99. The Bertz CT molecular complexity index is 1060. The Balaban J connectivity index is 1.25. The van der Waals surface area contributed by atoms with Crippen LogP contribution in [0.15, 0.2) is 30.7 Å². The summed E-state index contributed by atoms with van der Waals surface area (Å²) in [5.41, 5.74) is 0.529. The summed E-state index contributed by atoms with van der Waals surface area (Å²) >= 11 is 0. The zero-order valence-electron chi connectivity index (χ0n) is 21.0. The summed E-state index contributed by atoms with van der Waals surface area (Å²) in [5.74, 6) is 1.61. The number of aromatic nitrogens is 2. The molecule has 1 spiro atoms. The van der Waals surface area contributed by atoms with Crippen LogP contribution in [0.1, 0.15) is 56.3 Å². The van der Waals surface area contributed by atoms with Crippen LogP contribution in [0.4, 0.5) is 10.2 Å². The standard InChI is InChI=1S/C27H36FN5O2/c1-19(2)31(3)26(34)22-11-21(28)9-10-23(22)35-24-12-29-18-30-25(24)33-16-27(17-33)14-32(15-27)13-20-7-5-4-6-8-20/h9-12,18-20H,4-8,13-17H2,1-3H3. The van der Waals surface area contributed by atoms with Crippen molar-refractivity contribution >= 4 is 11.7 Å². The molecule has 0 bridgehead atoms. The average molecular weight is 482 g/mol. The number of rotatable bonds is 7. The van der Waals surface area contributed by atoms with Gasteiger partial charge in [-0.05, 0) is 50.8 Å². The second-order valence-electron chi connectivity index (χ2n) is 11.0. The quantitative estimate of drug-likeness (QED) is 0.577. The summed E-state index contributed by atoms with van der Waals surface area (Å²) in [6.45, 7) is 9.25. The molecule has 1 aliphatic carbocycles. The Morgan fingerprint density at radius 2 is 1.91 bits per heavy atom. The fourth-order valence-electron chi connectivity index (χ4n) is 5.80. The molecular weight excluding hydrogens is 445 g/mol. The molecule has 8 heteroatoms. The van der Waals surface area contributed by atoms with Gasteiger partial charge in [-0.1, -0.05) is 19.3 Å². The van der Waals surface area contributed by atoms with Gasteiger partial charge in [0.25, 0.3) is 5.91 Å². The first-order valence-corrected chi connectivity index (χ1v) is 12.9. The monoisotopic (exact) mass is 481 g/mol. The number of nitrogens with zero attached hydrogens (tertiary/aromatic N) is 5. The van der Waals surface area contributed by atoms with Crippen molar-refractivity contribution in [2.45, 2.75) is 52.0 Å². The molecule has 1 aromatic carbocycles. The zero-order valence-corrected chi connectivity index (χ0v) is 21.0. The van der Waals surface area contributed by atoms with E-state index >= 15 is 0 Å². The maximum atomic E-state index is 14.0. The Kier molecular flexibility index (Phi) is 6.66. The van der Waals surface area contributed by atoms with Crippen molar-refractivity contribution in [3.8, 4) is 11.5 Å². The highest BCUT2D eigenvalue weighted by Crippen LogP contribution is 2.45. The van der Waals surface area contributed by atoms with E-state index in [1.165, 1.54) is 63.2 Å². The minimum Gasteiger partial charge on any atom is -0.451 e. The molecule has 3 heterocycles. The summed E-state index contributed by atoms with van der Waals surface area (Å²) in [6.07, 6.45) is 10.1. The lowest BCUT2D eigenvalue weighted by molar-refractivity contribution is -0.0338. The fraction of sp³-hybridized carbons (Fsp3) is 0.593. The van der Waals surface area contributed by atoms with E-state index < -0.39 is 5.82 Å². The van der Waals surface area contributed by atoms with Crippen LogP contribution in [0, 0.1) is 17.2 Å².